The van der Waals surface area contributed by atoms with E-state index in [4.69, 9.17) is 4.84 Å². The standard InChI is InChI=1S/C13H16N4O3/c1-16(2)13(19)11-9-6-17(7-10(9)20-15-11)12(18)8-3-4-14-5-8/h3-5,9-10,14H,6-7H2,1-2H3/t9-,10+/m0/s1. The number of aromatic nitrogens is 1. The van der Waals surface area contributed by atoms with E-state index in [0.717, 1.165) is 0 Å². The molecule has 0 bridgehead atoms. The average molecular weight is 276 g/mol. The molecule has 0 aromatic carbocycles. The lowest BCUT2D eigenvalue weighted by atomic mass is 10.00. The molecule has 3 heterocycles. The molecular weight excluding hydrogens is 260 g/mol. The van der Waals surface area contributed by atoms with Crippen molar-refractivity contribution >= 4 is 17.5 Å². The van der Waals surface area contributed by atoms with Crippen molar-refractivity contribution in [3.8, 4) is 0 Å². The predicted molar refractivity (Wildman–Crippen MR) is 71.2 cm³/mol. The molecular formula is C13H16N4O3. The van der Waals surface area contributed by atoms with E-state index in [1.54, 1.807) is 37.5 Å². The average Bonchev–Trinajstić information content (AvgIpc) is 3.12. The molecule has 2 aliphatic heterocycles. The van der Waals surface area contributed by atoms with Gasteiger partial charge in [0.2, 0.25) is 0 Å². The fourth-order valence-electron chi connectivity index (χ4n) is 2.57. The highest BCUT2D eigenvalue weighted by Gasteiger charge is 2.46. The third-order valence-electron chi connectivity index (χ3n) is 3.66. The van der Waals surface area contributed by atoms with Gasteiger partial charge in [-0.05, 0) is 6.07 Å². The Bertz CT molecular complexity index is 564. The van der Waals surface area contributed by atoms with Crippen LogP contribution in [0.3, 0.4) is 0 Å². The number of hydrogen-bond acceptors (Lipinski definition) is 4. The minimum atomic E-state index is -0.211. The Morgan fingerprint density at radius 1 is 1.45 bits per heavy atom. The van der Waals surface area contributed by atoms with Crippen molar-refractivity contribution in [3.05, 3.63) is 24.0 Å². The smallest absolute Gasteiger partial charge is 0.271 e. The van der Waals surface area contributed by atoms with Crippen LogP contribution in [-0.4, -0.2) is 65.6 Å². The SMILES string of the molecule is CN(C)C(=O)C1=NO[C@@H]2CN(C(=O)c3cc[nH]c3)C[C@H]12. The Kier molecular flexibility index (Phi) is 2.96. The number of H-pyrrole nitrogens is 1. The minimum Gasteiger partial charge on any atom is -0.389 e. The van der Waals surface area contributed by atoms with Crippen LogP contribution in [0.4, 0.5) is 0 Å². The highest BCUT2D eigenvalue weighted by atomic mass is 16.6. The fourth-order valence-corrected chi connectivity index (χ4v) is 2.57. The van der Waals surface area contributed by atoms with E-state index in [-0.39, 0.29) is 23.8 Å². The van der Waals surface area contributed by atoms with Crippen LogP contribution in [0.15, 0.2) is 23.6 Å². The normalized spacial score (nSPS) is 24.1. The molecule has 0 radical (unpaired) electrons. The van der Waals surface area contributed by atoms with E-state index in [1.807, 2.05) is 0 Å². The lowest BCUT2D eigenvalue weighted by Crippen LogP contribution is -2.36. The van der Waals surface area contributed by atoms with Crippen molar-refractivity contribution in [3.63, 3.8) is 0 Å². The summed E-state index contributed by atoms with van der Waals surface area (Å²) in [5.74, 6) is -0.345. The van der Waals surface area contributed by atoms with Crippen LogP contribution >= 0.6 is 0 Å². The molecule has 1 aromatic heterocycles. The molecule has 0 spiro atoms. The van der Waals surface area contributed by atoms with E-state index >= 15 is 0 Å². The minimum absolute atomic E-state index is 0.0547. The molecule has 7 heteroatoms. The molecule has 1 saturated heterocycles. The largest absolute Gasteiger partial charge is 0.389 e. The number of nitrogens with zero attached hydrogens (tertiary/aromatic N) is 3. The zero-order valence-electron chi connectivity index (χ0n) is 11.4. The molecule has 0 aliphatic carbocycles. The first kappa shape index (κ1) is 12.7. The van der Waals surface area contributed by atoms with Crippen LogP contribution in [0.1, 0.15) is 10.4 Å². The molecule has 1 aromatic rings. The molecule has 7 nitrogen and oxygen atoms in total. The topological polar surface area (TPSA) is 78.0 Å². The summed E-state index contributed by atoms with van der Waals surface area (Å²) in [4.78, 5) is 35.6. The van der Waals surface area contributed by atoms with E-state index < -0.39 is 0 Å². The first-order valence-electron chi connectivity index (χ1n) is 6.45. The van der Waals surface area contributed by atoms with Gasteiger partial charge in [0.25, 0.3) is 11.8 Å². The van der Waals surface area contributed by atoms with Crippen LogP contribution in [-0.2, 0) is 9.63 Å². The van der Waals surface area contributed by atoms with Crippen molar-refractivity contribution in [2.24, 2.45) is 11.1 Å². The maximum absolute atomic E-state index is 12.3. The lowest BCUT2D eigenvalue weighted by Gasteiger charge is -2.16. The lowest BCUT2D eigenvalue weighted by molar-refractivity contribution is -0.122. The van der Waals surface area contributed by atoms with Crippen molar-refractivity contribution in [1.29, 1.82) is 0 Å². The summed E-state index contributed by atoms with van der Waals surface area (Å²) < 4.78 is 0. The molecule has 0 unspecified atom stereocenters. The van der Waals surface area contributed by atoms with E-state index in [0.29, 0.717) is 24.4 Å². The summed E-state index contributed by atoms with van der Waals surface area (Å²) >= 11 is 0. The van der Waals surface area contributed by atoms with Gasteiger partial charge in [0.15, 0.2) is 11.8 Å². The summed E-state index contributed by atoms with van der Waals surface area (Å²) in [6.07, 6.45) is 3.16. The number of rotatable bonds is 2. The Morgan fingerprint density at radius 3 is 2.90 bits per heavy atom. The second kappa shape index (κ2) is 4.66. The fraction of sp³-hybridized carbons (Fsp3) is 0.462. The number of carbonyl (C=O) groups is 2. The van der Waals surface area contributed by atoms with Gasteiger partial charge in [0, 0.05) is 33.0 Å². The number of fused-ring (bicyclic) bond motifs is 1. The van der Waals surface area contributed by atoms with Gasteiger partial charge in [-0.1, -0.05) is 5.16 Å². The second-order valence-corrected chi connectivity index (χ2v) is 5.24. The summed E-state index contributed by atoms with van der Waals surface area (Å²) in [6, 6.07) is 1.73. The third-order valence-corrected chi connectivity index (χ3v) is 3.66. The number of amides is 2. The third kappa shape index (κ3) is 1.95. The van der Waals surface area contributed by atoms with Crippen molar-refractivity contribution in [2.45, 2.75) is 6.10 Å². The summed E-state index contributed by atoms with van der Waals surface area (Å²) in [6.45, 7) is 0.926. The number of nitrogens with one attached hydrogen (secondary N) is 1. The van der Waals surface area contributed by atoms with Gasteiger partial charge < -0.3 is 19.6 Å². The molecule has 1 N–H and O–H groups in total. The van der Waals surface area contributed by atoms with Crippen LogP contribution < -0.4 is 0 Å². The highest BCUT2D eigenvalue weighted by Crippen LogP contribution is 2.28. The molecule has 3 rings (SSSR count). The maximum Gasteiger partial charge on any atom is 0.271 e. The van der Waals surface area contributed by atoms with Gasteiger partial charge in [-0.2, -0.15) is 0 Å². The van der Waals surface area contributed by atoms with Crippen molar-refractivity contribution in [1.82, 2.24) is 14.8 Å². The Balaban J connectivity index is 1.73. The van der Waals surface area contributed by atoms with Crippen molar-refractivity contribution < 1.29 is 14.4 Å². The number of oxime groups is 1. The molecule has 20 heavy (non-hydrogen) atoms. The summed E-state index contributed by atoms with van der Waals surface area (Å²) in [5.41, 5.74) is 1.02. The van der Waals surface area contributed by atoms with Gasteiger partial charge in [-0.15, -0.1) is 0 Å². The zero-order chi connectivity index (χ0) is 14.3. The van der Waals surface area contributed by atoms with Crippen LogP contribution in [0.2, 0.25) is 0 Å². The number of likely N-dealkylation sites (tertiary alicyclic amines) is 1. The van der Waals surface area contributed by atoms with Crippen molar-refractivity contribution in [2.75, 3.05) is 27.2 Å². The zero-order valence-corrected chi connectivity index (χ0v) is 11.4. The van der Waals surface area contributed by atoms with Gasteiger partial charge in [-0.25, -0.2) is 0 Å². The summed E-state index contributed by atoms with van der Waals surface area (Å²) in [5, 5.41) is 3.88. The Hall–Kier alpha value is -2.31. The van der Waals surface area contributed by atoms with Crippen LogP contribution in [0.5, 0.6) is 0 Å². The first-order valence-corrected chi connectivity index (χ1v) is 6.45. The predicted octanol–water partition coefficient (Wildman–Crippen LogP) is -0.0703. The van der Waals surface area contributed by atoms with Gasteiger partial charge in [0.1, 0.15) is 0 Å². The molecule has 2 amide bonds. The van der Waals surface area contributed by atoms with Crippen LogP contribution in [0, 0.1) is 5.92 Å². The number of carbonyl (C=O) groups excluding carboxylic acids is 2. The summed E-state index contributed by atoms with van der Waals surface area (Å²) in [7, 11) is 3.35. The molecule has 106 valence electrons. The van der Waals surface area contributed by atoms with Gasteiger partial charge >= 0.3 is 0 Å². The number of hydrogen-bond donors (Lipinski definition) is 1. The van der Waals surface area contributed by atoms with E-state index in [1.165, 1.54) is 4.90 Å². The monoisotopic (exact) mass is 276 g/mol. The molecule has 2 aliphatic rings. The highest BCUT2D eigenvalue weighted by molar-refractivity contribution is 6.40. The Morgan fingerprint density at radius 2 is 2.25 bits per heavy atom. The quantitative estimate of drug-likeness (QED) is 0.821. The molecule has 0 saturated carbocycles. The second-order valence-electron chi connectivity index (χ2n) is 5.24. The molecule has 2 atom stereocenters. The maximum atomic E-state index is 12.3. The Labute approximate surface area is 116 Å². The number of aromatic amines is 1. The first-order chi connectivity index (χ1) is 9.58. The van der Waals surface area contributed by atoms with E-state index in [9.17, 15) is 9.59 Å². The van der Waals surface area contributed by atoms with Crippen LogP contribution in [0.25, 0.3) is 0 Å². The van der Waals surface area contributed by atoms with E-state index in [2.05, 4.69) is 10.1 Å². The van der Waals surface area contributed by atoms with Gasteiger partial charge in [-0.3, -0.25) is 9.59 Å². The molecule has 1 fully saturated rings. The van der Waals surface area contributed by atoms with Gasteiger partial charge in [0.05, 0.1) is 18.0 Å².